The molecule has 2 N–H and O–H groups in total. The number of nitrogens with one attached hydrogen (secondary N) is 2. The van der Waals surface area contributed by atoms with Crippen molar-refractivity contribution in [2.75, 3.05) is 5.32 Å². The molecule has 0 atom stereocenters. The average molecular weight is 363 g/mol. The highest BCUT2D eigenvalue weighted by atomic mass is 79.9. The van der Waals surface area contributed by atoms with Crippen molar-refractivity contribution in [1.82, 2.24) is 5.32 Å². The zero-order valence-electron chi connectivity index (χ0n) is 11.7. The maximum atomic E-state index is 12.2. The summed E-state index contributed by atoms with van der Waals surface area (Å²) in [4.78, 5) is 12.2. The number of aryl methyl sites for hydroxylation is 2. The molecule has 2 rings (SSSR count). The molecule has 2 aromatic carbocycles. The maximum absolute atomic E-state index is 12.2. The van der Waals surface area contributed by atoms with Gasteiger partial charge in [-0.05, 0) is 65.8 Å². The van der Waals surface area contributed by atoms with Crippen molar-refractivity contribution in [3.63, 3.8) is 0 Å². The molecule has 0 aliphatic rings. The number of amides is 1. The number of carbonyl (C=O) groups excluding carboxylic acids is 1. The predicted molar refractivity (Wildman–Crippen MR) is 93.7 cm³/mol. The van der Waals surface area contributed by atoms with Gasteiger partial charge in [-0.15, -0.1) is 0 Å². The van der Waals surface area contributed by atoms with E-state index < -0.39 is 0 Å². The molecule has 2 aromatic rings. The Morgan fingerprint density at radius 1 is 1.14 bits per heavy atom. The first kappa shape index (κ1) is 15.7. The Kier molecular flexibility index (Phi) is 5.09. The van der Waals surface area contributed by atoms with Crippen LogP contribution in [-0.2, 0) is 0 Å². The normalized spacial score (nSPS) is 10.0. The number of para-hydroxylation sites is 1. The van der Waals surface area contributed by atoms with E-state index in [9.17, 15) is 4.79 Å². The summed E-state index contributed by atoms with van der Waals surface area (Å²) in [6, 6.07) is 13.3. The molecule has 0 radical (unpaired) electrons. The van der Waals surface area contributed by atoms with E-state index in [1.165, 1.54) is 0 Å². The fourth-order valence-electron chi connectivity index (χ4n) is 1.95. The Hall–Kier alpha value is -1.72. The molecule has 0 unspecified atom stereocenters. The third kappa shape index (κ3) is 4.12. The van der Waals surface area contributed by atoms with Gasteiger partial charge in [-0.1, -0.05) is 29.8 Å². The van der Waals surface area contributed by atoms with Crippen molar-refractivity contribution in [3.05, 3.63) is 63.6 Å². The predicted octanol–water partition coefficient (Wildman–Crippen LogP) is 4.19. The first-order chi connectivity index (χ1) is 9.97. The SMILES string of the molecule is Cc1ccc(C(=O)NC(=S)Nc2ccccc2Br)c(C)c1. The van der Waals surface area contributed by atoms with Crippen LogP contribution < -0.4 is 10.6 Å². The van der Waals surface area contributed by atoms with Crippen molar-refractivity contribution in [2.24, 2.45) is 0 Å². The molecular weight excluding hydrogens is 348 g/mol. The Labute approximate surface area is 137 Å². The molecule has 5 heteroatoms. The lowest BCUT2D eigenvalue weighted by Gasteiger charge is -2.12. The van der Waals surface area contributed by atoms with Crippen LogP contribution in [0.25, 0.3) is 0 Å². The van der Waals surface area contributed by atoms with Crippen molar-refractivity contribution >= 4 is 44.9 Å². The Balaban J connectivity index is 2.06. The highest BCUT2D eigenvalue weighted by molar-refractivity contribution is 9.10. The Morgan fingerprint density at radius 3 is 2.52 bits per heavy atom. The number of carbonyl (C=O) groups is 1. The van der Waals surface area contributed by atoms with E-state index in [0.717, 1.165) is 21.3 Å². The molecule has 0 spiro atoms. The van der Waals surface area contributed by atoms with Crippen LogP contribution in [0.2, 0.25) is 0 Å². The number of thiocarbonyl (C=S) groups is 1. The van der Waals surface area contributed by atoms with Crippen molar-refractivity contribution < 1.29 is 4.79 Å². The van der Waals surface area contributed by atoms with Gasteiger partial charge in [0.25, 0.3) is 5.91 Å². The van der Waals surface area contributed by atoms with Gasteiger partial charge in [0, 0.05) is 10.0 Å². The highest BCUT2D eigenvalue weighted by Crippen LogP contribution is 2.21. The summed E-state index contributed by atoms with van der Waals surface area (Å²) in [5.41, 5.74) is 3.48. The van der Waals surface area contributed by atoms with E-state index in [2.05, 4.69) is 26.6 Å². The Bertz CT molecular complexity index is 700. The Morgan fingerprint density at radius 2 is 1.86 bits per heavy atom. The molecule has 0 aromatic heterocycles. The van der Waals surface area contributed by atoms with Crippen LogP contribution >= 0.6 is 28.1 Å². The summed E-state index contributed by atoms with van der Waals surface area (Å²) in [5, 5.41) is 5.96. The first-order valence-electron chi connectivity index (χ1n) is 6.41. The van der Waals surface area contributed by atoms with Crippen LogP contribution in [0.5, 0.6) is 0 Å². The summed E-state index contributed by atoms with van der Waals surface area (Å²) >= 11 is 8.60. The molecule has 0 heterocycles. The zero-order valence-corrected chi connectivity index (χ0v) is 14.1. The van der Waals surface area contributed by atoms with Crippen LogP contribution in [-0.4, -0.2) is 11.0 Å². The lowest BCUT2D eigenvalue weighted by molar-refractivity contribution is 0.0977. The smallest absolute Gasteiger partial charge is 0.257 e. The number of halogens is 1. The number of rotatable bonds is 2. The van der Waals surface area contributed by atoms with Crippen LogP contribution in [0.15, 0.2) is 46.9 Å². The minimum Gasteiger partial charge on any atom is -0.331 e. The van der Waals surface area contributed by atoms with Gasteiger partial charge < -0.3 is 5.32 Å². The molecule has 3 nitrogen and oxygen atoms in total. The van der Waals surface area contributed by atoms with Crippen molar-refractivity contribution in [3.8, 4) is 0 Å². The summed E-state index contributed by atoms with van der Waals surface area (Å²) in [5.74, 6) is -0.211. The summed E-state index contributed by atoms with van der Waals surface area (Å²) in [7, 11) is 0. The quantitative estimate of drug-likeness (QED) is 0.786. The second kappa shape index (κ2) is 6.83. The lowest BCUT2D eigenvalue weighted by Crippen LogP contribution is -2.34. The van der Waals surface area contributed by atoms with E-state index in [1.807, 2.05) is 50.2 Å². The van der Waals surface area contributed by atoms with Gasteiger partial charge in [0.15, 0.2) is 5.11 Å². The lowest BCUT2D eigenvalue weighted by atomic mass is 10.1. The van der Waals surface area contributed by atoms with E-state index in [4.69, 9.17) is 12.2 Å². The summed E-state index contributed by atoms with van der Waals surface area (Å²) in [6.07, 6.45) is 0. The molecular formula is C16H15BrN2OS. The monoisotopic (exact) mass is 362 g/mol. The molecule has 108 valence electrons. The third-order valence-corrected chi connectivity index (χ3v) is 3.87. The highest BCUT2D eigenvalue weighted by Gasteiger charge is 2.11. The van der Waals surface area contributed by atoms with E-state index in [1.54, 1.807) is 6.07 Å². The van der Waals surface area contributed by atoms with Crippen LogP contribution in [0.3, 0.4) is 0 Å². The van der Waals surface area contributed by atoms with Crippen LogP contribution in [0.4, 0.5) is 5.69 Å². The minimum atomic E-state index is -0.211. The molecule has 0 bridgehead atoms. The third-order valence-electron chi connectivity index (χ3n) is 2.98. The number of anilines is 1. The van der Waals surface area contributed by atoms with E-state index in [0.29, 0.717) is 5.56 Å². The maximum Gasteiger partial charge on any atom is 0.257 e. The van der Waals surface area contributed by atoms with Gasteiger partial charge in [0.2, 0.25) is 0 Å². The number of hydrogen-bond acceptors (Lipinski definition) is 2. The molecule has 0 saturated carbocycles. The molecule has 0 aliphatic carbocycles. The zero-order chi connectivity index (χ0) is 15.4. The molecule has 0 saturated heterocycles. The summed E-state index contributed by atoms with van der Waals surface area (Å²) < 4.78 is 0.883. The number of benzene rings is 2. The van der Waals surface area contributed by atoms with Crippen LogP contribution in [0.1, 0.15) is 21.5 Å². The minimum absolute atomic E-state index is 0.211. The van der Waals surface area contributed by atoms with Gasteiger partial charge in [-0.3, -0.25) is 10.1 Å². The molecule has 0 fully saturated rings. The van der Waals surface area contributed by atoms with Crippen molar-refractivity contribution in [1.29, 1.82) is 0 Å². The number of hydrogen-bond donors (Lipinski definition) is 2. The second-order valence-corrected chi connectivity index (χ2v) is 5.97. The van der Waals surface area contributed by atoms with Gasteiger partial charge >= 0.3 is 0 Å². The van der Waals surface area contributed by atoms with E-state index >= 15 is 0 Å². The van der Waals surface area contributed by atoms with Gasteiger partial charge in [0.05, 0.1) is 5.69 Å². The fourth-order valence-corrected chi connectivity index (χ4v) is 2.54. The molecule has 1 amide bonds. The molecule has 21 heavy (non-hydrogen) atoms. The largest absolute Gasteiger partial charge is 0.331 e. The van der Waals surface area contributed by atoms with Crippen molar-refractivity contribution in [2.45, 2.75) is 13.8 Å². The van der Waals surface area contributed by atoms with E-state index in [-0.39, 0.29) is 11.0 Å². The van der Waals surface area contributed by atoms with Gasteiger partial charge in [0.1, 0.15) is 0 Å². The van der Waals surface area contributed by atoms with Crippen LogP contribution in [0, 0.1) is 13.8 Å². The first-order valence-corrected chi connectivity index (χ1v) is 7.61. The topological polar surface area (TPSA) is 41.1 Å². The summed E-state index contributed by atoms with van der Waals surface area (Å²) in [6.45, 7) is 3.90. The standard InChI is InChI=1S/C16H15BrN2OS/c1-10-7-8-12(11(2)9-10)15(20)19-16(21)18-14-6-4-3-5-13(14)17/h3-9H,1-2H3,(H2,18,19,20,21). The molecule has 0 aliphatic heterocycles. The van der Waals surface area contributed by atoms with Gasteiger partial charge in [-0.25, -0.2) is 0 Å². The second-order valence-electron chi connectivity index (χ2n) is 4.71. The van der Waals surface area contributed by atoms with Gasteiger partial charge in [-0.2, -0.15) is 0 Å². The fraction of sp³-hybridized carbons (Fsp3) is 0.125. The average Bonchev–Trinajstić information content (AvgIpc) is 2.41.